The van der Waals surface area contributed by atoms with Crippen molar-refractivity contribution in [2.24, 2.45) is 0 Å². The van der Waals surface area contributed by atoms with Gasteiger partial charge in [0.25, 0.3) is 0 Å². The Hall–Kier alpha value is -2.59. The van der Waals surface area contributed by atoms with Gasteiger partial charge < -0.3 is 14.8 Å². The molecule has 0 fully saturated rings. The first-order chi connectivity index (χ1) is 16.3. The molecule has 0 radical (unpaired) electrons. The molecule has 0 saturated heterocycles. The van der Waals surface area contributed by atoms with Crippen molar-refractivity contribution in [3.05, 3.63) is 87.4 Å². The molecule has 7 nitrogen and oxygen atoms in total. The summed E-state index contributed by atoms with van der Waals surface area (Å²) in [5, 5.41) is 3.18. The Morgan fingerprint density at radius 2 is 1.59 bits per heavy atom. The molecule has 1 amide bonds. The van der Waals surface area contributed by atoms with E-state index in [1.54, 1.807) is 54.6 Å². The zero-order chi connectivity index (χ0) is 24.7. The quantitative estimate of drug-likeness (QED) is 0.386. The Morgan fingerprint density at radius 1 is 0.971 bits per heavy atom. The largest absolute Gasteiger partial charge is 0.496 e. The summed E-state index contributed by atoms with van der Waals surface area (Å²) in [5.74, 6) is 0.616. The van der Waals surface area contributed by atoms with E-state index in [9.17, 15) is 13.2 Å². The minimum absolute atomic E-state index is 0.0660. The van der Waals surface area contributed by atoms with Gasteiger partial charge in [0, 0.05) is 16.0 Å². The number of nitrogens with one attached hydrogen (secondary N) is 1. The highest BCUT2D eigenvalue weighted by molar-refractivity contribution is 9.10. The highest BCUT2D eigenvalue weighted by Gasteiger charge is 2.27. The van der Waals surface area contributed by atoms with E-state index in [2.05, 4.69) is 21.2 Å². The Kier molecular flexibility index (Phi) is 8.96. The van der Waals surface area contributed by atoms with Crippen molar-refractivity contribution in [2.45, 2.75) is 18.0 Å². The molecule has 3 rings (SSSR count). The summed E-state index contributed by atoms with van der Waals surface area (Å²) in [7, 11) is -0.945. The topological polar surface area (TPSA) is 84.9 Å². The number of ether oxygens (including phenoxy) is 2. The monoisotopic (exact) mass is 566 g/mol. The van der Waals surface area contributed by atoms with Crippen LogP contribution in [-0.2, 0) is 27.9 Å². The number of benzene rings is 3. The second kappa shape index (κ2) is 11.7. The van der Waals surface area contributed by atoms with Crippen LogP contribution >= 0.6 is 27.5 Å². The molecular weight excluding hydrogens is 544 g/mol. The van der Waals surface area contributed by atoms with Gasteiger partial charge in [0.1, 0.15) is 11.5 Å². The fourth-order valence-corrected chi connectivity index (χ4v) is 5.14. The van der Waals surface area contributed by atoms with E-state index >= 15 is 0 Å². The maximum absolute atomic E-state index is 13.4. The summed E-state index contributed by atoms with van der Waals surface area (Å²) >= 11 is 9.58. The molecule has 10 heteroatoms. The fourth-order valence-electron chi connectivity index (χ4n) is 3.30. The maximum Gasteiger partial charge on any atom is 0.243 e. The summed E-state index contributed by atoms with van der Waals surface area (Å²) in [4.78, 5) is 13.0. The molecule has 0 heterocycles. The van der Waals surface area contributed by atoms with E-state index in [1.807, 2.05) is 0 Å². The van der Waals surface area contributed by atoms with Gasteiger partial charge in [-0.25, -0.2) is 8.42 Å². The van der Waals surface area contributed by atoms with Crippen LogP contribution < -0.4 is 14.8 Å². The van der Waals surface area contributed by atoms with E-state index in [0.29, 0.717) is 27.6 Å². The molecular formula is C24H24BrClN2O5S. The molecule has 3 aromatic rings. The number of hydrogen-bond donors (Lipinski definition) is 1. The molecule has 0 aromatic heterocycles. The summed E-state index contributed by atoms with van der Waals surface area (Å²) in [6, 6.07) is 18.4. The molecule has 0 aliphatic heterocycles. The molecule has 1 N–H and O–H groups in total. The minimum atomic E-state index is -3.99. The molecule has 0 bridgehead atoms. The molecule has 0 aliphatic carbocycles. The predicted molar refractivity (Wildman–Crippen MR) is 135 cm³/mol. The number of carbonyl (C=O) groups excluding carboxylic acids is 1. The van der Waals surface area contributed by atoms with Gasteiger partial charge >= 0.3 is 0 Å². The zero-order valence-electron chi connectivity index (χ0n) is 18.6. The second-order valence-corrected chi connectivity index (χ2v) is 10.5. The van der Waals surface area contributed by atoms with Crippen LogP contribution in [0.2, 0.25) is 5.02 Å². The van der Waals surface area contributed by atoms with Crippen molar-refractivity contribution < 1.29 is 22.7 Å². The second-order valence-electron chi connectivity index (χ2n) is 7.24. The van der Waals surface area contributed by atoms with Gasteiger partial charge in [-0.1, -0.05) is 51.8 Å². The predicted octanol–water partition coefficient (Wildman–Crippen LogP) is 4.63. The number of carbonyl (C=O) groups is 1. The van der Waals surface area contributed by atoms with Gasteiger partial charge in [-0.2, -0.15) is 4.31 Å². The number of methoxy groups -OCH3 is 2. The van der Waals surface area contributed by atoms with Crippen molar-refractivity contribution in [2.75, 3.05) is 20.8 Å². The van der Waals surface area contributed by atoms with Crippen LogP contribution in [-0.4, -0.2) is 39.4 Å². The molecule has 0 unspecified atom stereocenters. The summed E-state index contributed by atoms with van der Waals surface area (Å²) in [6.07, 6.45) is 0. The Balaban J connectivity index is 1.85. The lowest BCUT2D eigenvalue weighted by atomic mass is 10.1. The number of hydrogen-bond acceptors (Lipinski definition) is 5. The third kappa shape index (κ3) is 6.29. The molecule has 0 atom stereocenters. The first kappa shape index (κ1) is 26.0. The standard InChI is InChI=1S/C24H24BrClN2O5S/c1-32-22-8-5-9-23(33-2)20(22)14-27-24(29)16-28(15-17-6-3-4-7-21(17)26)34(30,31)19-12-10-18(25)11-13-19/h3-13H,14-16H2,1-2H3,(H,27,29). The third-order valence-electron chi connectivity index (χ3n) is 5.07. The van der Waals surface area contributed by atoms with Crippen LogP contribution in [0.1, 0.15) is 11.1 Å². The van der Waals surface area contributed by atoms with Crippen LogP contribution in [0.3, 0.4) is 0 Å². The van der Waals surface area contributed by atoms with Crippen molar-refractivity contribution in [3.8, 4) is 11.5 Å². The van der Waals surface area contributed by atoms with Gasteiger partial charge in [-0.05, 0) is 48.0 Å². The van der Waals surface area contributed by atoms with Crippen molar-refractivity contribution in [1.29, 1.82) is 0 Å². The fraction of sp³-hybridized carbons (Fsp3) is 0.208. The first-order valence-electron chi connectivity index (χ1n) is 10.2. The molecule has 0 saturated carbocycles. The van der Waals surface area contributed by atoms with E-state index in [-0.39, 0.29) is 18.0 Å². The number of rotatable bonds is 10. The number of halogens is 2. The Labute approximate surface area is 212 Å². The lowest BCUT2D eigenvalue weighted by Gasteiger charge is -2.23. The number of sulfonamides is 1. The summed E-state index contributed by atoms with van der Waals surface area (Å²) in [6.45, 7) is -0.366. The van der Waals surface area contributed by atoms with Crippen molar-refractivity contribution in [3.63, 3.8) is 0 Å². The number of amides is 1. The molecule has 3 aromatic carbocycles. The van der Waals surface area contributed by atoms with Crippen molar-refractivity contribution in [1.82, 2.24) is 9.62 Å². The van der Waals surface area contributed by atoms with Crippen LogP contribution in [0.25, 0.3) is 0 Å². The molecule has 180 valence electrons. The molecule has 34 heavy (non-hydrogen) atoms. The van der Waals surface area contributed by atoms with Gasteiger partial charge in [-0.3, -0.25) is 4.79 Å². The SMILES string of the molecule is COc1cccc(OC)c1CNC(=O)CN(Cc1ccccc1Cl)S(=O)(=O)c1ccc(Br)cc1. The summed E-state index contributed by atoms with van der Waals surface area (Å²) in [5.41, 5.74) is 1.23. The van der Waals surface area contributed by atoms with E-state index in [1.165, 1.54) is 26.4 Å². The number of nitrogens with zero attached hydrogens (tertiary/aromatic N) is 1. The van der Waals surface area contributed by atoms with Crippen LogP contribution in [0.15, 0.2) is 76.1 Å². The van der Waals surface area contributed by atoms with E-state index in [4.69, 9.17) is 21.1 Å². The first-order valence-corrected chi connectivity index (χ1v) is 12.8. The van der Waals surface area contributed by atoms with Gasteiger partial charge in [-0.15, -0.1) is 0 Å². The minimum Gasteiger partial charge on any atom is -0.496 e. The third-order valence-corrected chi connectivity index (χ3v) is 7.77. The molecule has 0 spiro atoms. The van der Waals surface area contributed by atoms with Crippen molar-refractivity contribution >= 4 is 43.5 Å². The van der Waals surface area contributed by atoms with E-state index in [0.717, 1.165) is 8.78 Å². The normalized spacial score (nSPS) is 11.3. The van der Waals surface area contributed by atoms with E-state index < -0.39 is 22.5 Å². The Bertz CT molecular complexity index is 1230. The van der Waals surface area contributed by atoms with Gasteiger partial charge in [0.05, 0.1) is 37.8 Å². The molecule has 0 aliphatic rings. The highest BCUT2D eigenvalue weighted by Crippen LogP contribution is 2.28. The Morgan fingerprint density at radius 3 is 2.18 bits per heavy atom. The smallest absolute Gasteiger partial charge is 0.243 e. The maximum atomic E-state index is 13.4. The van der Waals surface area contributed by atoms with Gasteiger partial charge in [0.15, 0.2) is 0 Å². The lowest BCUT2D eigenvalue weighted by Crippen LogP contribution is -2.40. The summed E-state index contributed by atoms with van der Waals surface area (Å²) < 4.78 is 39.4. The highest BCUT2D eigenvalue weighted by atomic mass is 79.9. The van der Waals surface area contributed by atoms with Gasteiger partial charge in [0.2, 0.25) is 15.9 Å². The lowest BCUT2D eigenvalue weighted by molar-refractivity contribution is -0.121. The zero-order valence-corrected chi connectivity index (χ0v) is 21.8. The average Bonchev–Trinajstić information content (AvgIpc) is 2.83. The van der Waals surface area contributed by atoms with Crippen LogP contribution in [0.5, 0.6) is 11.5 Å². The average molecular weight is 568 g/mol. The van der Waals surface area contributed by atoms with Crippen LogP contribution in [0.4, 0.5) is 0 Å². The van der Waals surface area contributed by atoms with Crippen LogP contribution in [0, 0.1) is 0 Å².